The van der Waals surface area contributed by atoms with Gasteiger partial charge in [0.2, 0.25) is 0 Å². The van der Waals surface area contributed by atoms with Crippen molar-refractivity contribution in [3.8, 4) is 0 Å². The van der Waals surface area contributed by atoms with Crippen LogP contribution >= 0.6 is 0 Å². The summed E-state index contributed by atoms with van der Waals surface area (Å²) in [6.45, 7) is 0.0969. The summed E-state index contributed by atoms with van der Waals surface area (Å²) >= 11 is 0. The highest BCUT2D eigenvalue weighted by Crippen LogP contribution is 2.32. The van der Waals surface area contributed by atoms with Gasteiger partial charge < -0.3 is 10.4 Å². The first kappa shape index (κ1) is 11.9. The molecule has 2 aliphatic rings. The van der Waals surface area contributed by atoms with E-state index < -0.39 is 5.97 Å². The first-order chi connectivity index (χ1) is 7.68. The Morgan fingerprint density at radius 1 is 1.31 bits per heavy atom. The Morgan fingerprint density at radius 3 is 2.62 bits per heavy atom. The average molecular weight is 226 g/mol. The molecular formula is C12H22N2O2. The Hall–Kier alpha value is -0.610. The van der Waals surface area contributed by atoms with E-state index in [2.05, 4.69) is 17.3 Å². The van der Waals surface area contributed by atoms with E-state index >= 15 is 0 Å². The predicted molar refractivity (Wildman–Crippen MR) is 62.5 cm³/mol. The van der Waals surface area contributed by atoms with Gasteiger partial charge in [0.1, 0.15) is 0 Å². The van der Waals surface area contributed by atoms with Crippen LogP contribution in [-0.2, 0) is 4.79 Å². The van der Waals surface area contributed by atoms with Crippen LogP contribution in [-0.4, -0.2) is 47.7 Å². The molecule has 4 nitrogen and oxygen atoms in total. The topological polar surface area (TPSA) is 52.6 Å². The molecule has 0 bridgehead atoms. The first-order valence-electron chi connectivity index (χ1n) is 6.35. The van der Waals surface area contributed by atoms with Crippen molar-refractivity contribution in [1.29, 1.82) is 0 Å². The quantitative estimate of drug-likeness (QED) is 0.736. The van der Waals surface area contributed by atoms with Gasteiger partial charge in [-0.3, -0.25) is 9.69 Å². The fraction of sp³-hybridized carbons (Fsp3) is 0.917. The van der Waals surface area contributed by atoms with Crippen LogP contribution in [0, 0.1) is 0 Å². The van der Waals surface area contributed by atoms with Crippen molar-refractivity contribution in [2.75, 3.05) is 13.6 Å². The zero-order chi connectivity index (χ0) is 11.5. The van der Waals surface area contributed by atoms with Crippen molar-refractivity contribution in [3.05, 3.63) is 0 Å². The SMILES string of the molecule is CN(C1CC1)[C@@H]1CCCC[C@@H]1NCC(=O)O. The van der Waals surface area contributed by atoms with Gasteiger partial charge in [0, 0.05) is 18.1 Å². The number of nitrogens with one attached hydrogen (secondary N) is 1. The standard InChI is InChI=1S/C12H22N2O2/c1-14(9-6-7-9)11-5-3-2-4-10(11)13-8-12(15)16/h9-11,13H,2-8H2,1H3,(H,15,16)/t10-,11+/m0/s1. The number of rotatable bonds is 5. The lowest BCUT2D eigenvalue weighted by atomic mass is 9.89. The summed E-state index contributed by atoms with van der Waals surface area (Å²) in [5, 5.41) is 11.9. The molecule has 2 N–H and O–H groups in total. The third-order valence-electron chi connectivity index (χ3n) is 3.89. The van der Waals surface area contributed by atoms with Gasteiger partial charge in [0.05, 0.1) is 6.54 Å². The molecule has 0 aromatic carbocycles. The van der Waals surface area contributed by atoms with E-state index in [0.717, 1.165) is 12.5 Å². The average Bonchev–Trinajstić information content (AvgIpc) is 3.09. The zero-order valence-electron chi connectivity index (χ0n) is 9.98. The van der Waals surface area contributed by atoms with Crippen LogP contribution in [0.1, 0.15) is 38.5 Å². The summed E-state index contributed by atoms with van der Waals surface area (Å²) in [4.78, 5) is 13.1. The molecule has 2 fully saturated rings. The molecule has 0 aromatic rings. The molecule has 2 atom stereocenters. The number of likely N-dealkylation sites (N-methyl/N-ethyl adjacent to an activating group) is 1. The van der Waals surface area contributed by atoms with Gasteiger partial charge in [-0.15, -0.1) is 0 Å². The van der Waals surface area contributed by atoms with Crippen LogP contribution in [0.3, 0.4) is 0 Å². The Kier molecular flexibility index (Phi) is 3.82. The summed E-state index contributed by atoms with van der Waals surface area (Å²) in [5.41, 5.74) is 0. The molecule has 0 spiro atoms. The molecule has 0 saturated heterocycles. The first-order valence-corrected chi connectivity index (χ1v) is 6.35. The second-order valence-corrected chi connectivity index (χ2v) is 5.13. The molecule has 0 radical (unpaired) electrons. The van der Waals surface area contributed by atoms with E-state index in [1.54, 1.807) is 0 Å². The van der Waals surface area contributed by atoms with Gasteiger partial charge in [0.15, 0.2) is 0 Å². The molecule has 92 valence electrons. The number of carboxylic acid groups (broad SMARTS) is 1. The Labute approximate surface area is 97.0 Å². The van der Waals surface area contributed by atoms with E-state index in [1.165, 1.54) is 32.1 Å². The highest BCUT2D eigenvalue weighted by atomic mass is 16.4. The van der Waals surface area contributed by atoms with Gasteiger partial charge in [-0.2, -0.15) is 0 Å². The van der Waals surface area contributed by atoms with Gasteiger partial charge >= 0.3 is 5.97 Å². The van der Waals surface area contributed by atoms with Crippen LogP contribution in [0.25, 0.3) is 0 Å². The minimum absolute atomic E-state index is 0.0969. The van der Waals surface area contributed by atoms with Crippen molar-refractivity contribution in [1.82, 2.24) is 10.2 Å². The van der Waals surface area contributed by atoms with Crippen molar-refractivity contribution < 1.29 is 9.90 Å². The van der Waals surface area contributed by atoms with Gasteiger partial charge in [0.25, 0.3) is 0 Å². The zero-order valence-corrected chi connectivity index (χ0v) is 9.98. The van der Waals surface area contributed by atoms with Crippen molar-refractivity contribution in [2.24, 2.45) is 0 Å². The third kappa shape index (κ3) is 2.95. The summed E-state index contributed by atoms with van der Waals surface area (Å²) in [7, 11) is 2.20. The highest BCUT2D eigenvalue weighted by molar-refractivity contribution is 5.69. The Balaban J connectivity index is 1.87. The summed E-state index contributed by atoms with van der Waals surface area (Å²) in [6, 6.07) is 1.67. The number of carboxylic acids is 1. The minimum atomic E-state index is -0.751. The third-order valence-corrected chi connectivity index (χ3v) is 3.89. The van der Waals surface area contributed by atoms with Crippen molar-refractivity contribution >= 4 is 5.97 Å². The lowest BCUT2D eigenvalue weighted by molar-refractivity contribution is -0.136. The molecule has 2 aliphatic carbocycles. The maximum Gasteiger partial charge on any atom is 0.317 e. The molecule has 2 saturated carbocycles. The van der Waals surface area contributed by atoms with Crippen molar-refractivity contribution in [3.63, 3.8) is 0 Å². The summed E-state index contributed by atoms with van der Waals surface area (Å²) in [6.07, 6.45) is 7.48. The molecule has 0 amide bonds. The molecule has 0 heterocycles. The van der Waals surface area contributed by atoms with Crippen molar-refractivity contribution in [2.45, 2.75) is 56.7 Å². The smallest absolute Gasteiger partial charge is 0.317 e. The molecule has 2 rings (SSSR count). The number of aliphatic carboxylic acids is 1. The molecule has 4 heteroatoms. The molecule has 0 aliphatic heterocycles. The molecule has 0 unspecified atom stereocenters. The lowest BCUT2D eigenvalue weighted by Crippen LogP contribution is -2.52. The normalized spacial score (nSPS) is 30.6. The van der Waals surface area contributed by atoms with Gasteiger partial charge in [-0.1, -0.05) is 12.8 Å². The van der Waals surface area contributed by atoms with E-state index in [4.69, 9.17) is 5.11 Å². The predicted octanol–water partition coefficient (Wildman–Crippen LogP) is 1.07. The number of nitrogens with zero attached hydrogens (tertiary/aromatic N) is 1. The number of carbonyl (C=O) groups is 1. The second-order valence-electron chi connectivity index (χ2n) is 5.13. The van der Waals surface area contributed by atoms with Crippen LogP contribution < -0.4 is 5.32 Å². The maximum atomic E-state index is 10.6. The summed E-state index contributed by atoms with van der Waals surface area (Å²) < 4.78 is 0. The Morgan fingerprint density at radius 2 is 2.00 bits per heavy atom. The second kappa shape index (κ2) is 5.15. The summed E-state index contributed by atoms with van der Waals surface area (Å²) in [5.74, 6) is -0.751. The largest absolute Gasteiger partial charge is 0.480 e. The minimum Gasteiger partial charge on any atom is -0.480 e. The van der Waals surface area contributed by atoms with Crippen LogP contribution in [0.4, 0.5) is 0 Å². The van der Waals surface area contributed by atoms with Gasteiger partial charge in [-0.25, -0.2) is 0 Å². The van der Waals surface area contributed by atoms with Gasteiger partial charge in [-0.05, 0) is 32.7 Å². The molecular weight excluding hydrogens is 204 g/mol. The van der Waals surface area contributed by atoms with E-state index in [1.807, 2.05) is 0 Å². The number of hydrogen-bond donors (Lipinski definition) is 2. The van der Waals surface area contributed by atoms with Crippen LogP contribution in [0.15, 0.2) is 0 Å². The molecule has 16 heavy (non-hydrogen) atoms. The molecule has 0 aromatic heterocycles. The number of hydrogen-bond acceptors (Lipinski definition) is 3. The highest BCUT2D eigenvalue weighted by Gasteiger charge is 2.36. The fourth-order valence-electron chi connectivity index (χ4n) is 2.81. The van der Waals surface area contributed by atoms with Crippen LogP contribution in [0.5, 0.6) is 0 Å². The fourth-order valence-corrected chi connectivity index (χ4v) is 2.81. The lowest BCUT2D eigenvalue weighted by Gasteiger charge is -2.38. The monoisotopic (exact) mass is 226 g/mol. The van der Waals surface area contributed by atoms with E-state index in [0.29, 0.717) is 12.1 Å². The van der Waals surface area contributed by atoms with Crippen LogP contribution in [0.2, 0.25) is 0 Å². The Bertz CT molecular complexity index is 253. The van der Waals surface area contributed by atoms with E-state index in [-0.39, 0.29) is 6.54 Å². The van der Waals surface area contributed by atoms with E-state index in [9.17, 15) is 4.79 Å². The maximum absolute atomic E-state index is 10.6.